The summed E-state index contributed by atoms with van der Waals surface area (Å²) < 4.78 is 0. The number of likely N-dealkylation sites (tertiary alicyclic amines) is 1. The van der Waals surface area contributed by atoms with E-state index in [1.165, 1.54) is 38.8 Å². The number of nitrogens with zero attached hydrogens (tertiary/aromatic N) is 1. The highest BCUT2D eigenvalue weighted by atomic mass is 16.3. The van der Waals surface area contributed by atoms with Gasteiger partial charge in [0.2, 0.25) is 0 Å². The van der Waals surface area contributed by atoms with Crippen molar-refractivity contribution in [3.05, 3.63) is 0 Å². The number of hydrogen-bond acceptors (Lipinski definition) is 2. The van der Waals surface area contributed by atoms with E-state index in [-0.39, 0.29) is 11.5 Å². The fraction of sp³-hybridized carbons (Fsp3) is 1.00. The SMILES string of the molecule is CC1CCCN(C2CCC(C)(C)C2O)C1. The van der Waals surface area contributed by atoms with Crippen LogP contribution < -0.4 is 0 Å². The average Bonchev–Trinajstić information content (AvgIpc) is 2.42. The van der Waals surface area contributed by atoms with E-state index in [0.29, 0.717) is 6.04 Å². The second-order valence-electron chi connectivity index (χ2n) is 6.28. The first-order chi connectivity index (χ1) is 7.00. The van der Waals surface area contributed by atoms with Crippen molar-refractivity contribution in [1.82, 2.24) is 4.90 Å². The Kier molecular flexibility index (Phi) is 3.09. The molecular formula is C13H25NO. The molecule has 1 aliphatic heterocycles. The van der Waals surface area contributed by atoms with Gasteiger partial charge in [0, 0.05) is 12.6 Å². The van der Waals surface area contributed by atoms with Crippen LogP contribution in [0.4, 0.5) is 0 Å². The summed E-state index contributed by atoms with van der Waals surface area (Å²) in [6.45, 7) is 9.12. The molecule has 2 rings (SSSR count). The lowest BCUT2D eigenvalue weighted by Gasteiger charge is -2.38. The predicted molar refractivity (Wildman–Crippen MR) is 62.8 cm³/mol. The Morgan fingerprint density at radius 1 is 1.27 bits per heavy atom. The maximum atomic E-state index is 10.3. The molecule has 0 aromatic carbocycles. The molecule has 1 saturated heterocycles. The minimum atomic E-state index is -0.122. The summed E-state index contributed by atoms with van der Waals surface area (Å²) in [7, 11) is 0. The molecule has 1 N–H and O–H groups in total. The molecule has 3 atom stereocenters. The summed E-state index contributed by atoms with van der Waals surface area (Å²) in [5.74, 6) is 0.815. The van der Waals surface area contributed by atoms with Crippen molar-refractivity contribution in [2.24, 2.45) is 11.3 Å². The third kappa shape index (κ3) is 2.21. The third-order valence-corrected chi connectivity index (χ3v) is 4.41. The largest absolute Gasteiger partial charge is 0.391 e. The lowest BCUT2D eigenvalue weighted by molar-refractivity contribution is 0.00138. The van der Waals surface area contributed by atoms with Gasteiger partial charge in [-0.15, -0.1) is 0 Å². The summed E-state index contributed by atoms with van der Waals surface area (Å²) in [6, 6.07) is 0.433. The Hall–Kier alpha value is -0.0800. The molecule has 1 aliphatic carbocycles. The van der Waals surface area contributed by atoms with Gasteiger partial charge in [-0.3, -0.25) is 4.90 Å². The fourth-order valence-electron chi connectivity index (χ4n) is 3.26. The van der Waals surface area contributed by atoms with Gasteiger partial charge in [-0.25, -0.2) is 0 Å². The molecule has 2 nitrogen and oxygen atoms in total. The Morgan fingerprint density at radius 3 is 2.53 bits per heavy atom. The van der Waals surface area contributed by atoms with Gasteiger partial charge in [-0.2, -0.15) is 0 Å². The number of rotatable bonds is 1. The van der Waals surface area contributed by atoms with Gasteiger partial charge in [0.25, 0.3) is 0 Å². The quantitative estimate of drug-likeness (QED) is 0.719. The van der Waals surface area contributed by atoms with Crippen LogP contribution in [0.3, 0.4) is 0 Å². The molecule has 15 heavy (non-hydrogen) atoms. The van der Waals surface area contributed by atoms with Crippen molar-refractivity contribution >= 4 is 0 Å². The minimum absolute atomic E-state index is 0.122. The Balaban J connectivity index is 1.99. The molecule has 2 heteroatoms. The topological polar surface area (TPSA) is 23.5 Å². The van der Waals surface area contributed by atoms with Gasteiger partial charge in [-0.05, 0) is 43.6 Å². The number of aliphatic hydroxyl groups excluding tert-OH is 1. The zero-order valence-corrected chi connectivity index (χ0v) is 10.4. The zero-order valence-electron chi connectivity index (χ0n) is 10.4. The van der Waals surface area contributed by atoms with E-state index in [1.807, 2.05) is 0 Å². The normalized spacial score (nSPS) is 42.0. The molecule has 0 aromatic heterocycles. The van der Waals surface area contributed by atoms with Crippen LogP contribution in [-0.4, -0.2) is 35.2 Å². The maximum absolute atomic E-state index is 10.3. The van der Waals surface area contributed by atoms with Crippen LogP contribution in [-0.2, 0) is 0 Å². The van der Waals surface area contributed by atoms with E-state index in [2.05, 4.69) is 25.7 Å². The monoisotopic (exact) mass is 211 g/mol. The van der Waals surface area contributed by atoms with Crippen LogP contribution in [0.2, 0.25) is 0 Å². The summed E-state index contributed by atoms with van der Waals surface area (Å²) in [5, 5.41) is 10.3. The minimum Gasteiger partial charge on any atom is -0.391 e. The maximum Gasteiger partial charge on any atom is 0.0746 e. The first-order valence-electron chi connectivity index (χ1n) is 6.43. The van der Waals surface area contributed by atoms with Gasteiger partial charge >= 0.3 is 0 Å². The second-order valence-corrected chi connectivity index (χ2v) is 6.28. The summed E-state index contributed by atoms with van der Waals surface area (Å²) >= 11 is 0. The van der Waals surface area contributed by atoms with Crippen molar-refractivity contribution in [3.8, 4) is 0 Å². The predicted octanol–water partition coefficient (Wildman–Crippen LogP) is 2.27. The van der Waals surface area contributed by atoms with Gasteiger partial charge in [-0.1, -0.05) is 20.8 Å². The third-order valence-electron chi connectivity index (χ3n) is 4.41. The molecule has 2 aliphatic rings. The summed E-state index contributed by atoms with van der Waals surface area (Å²) in [5.41, 5.74) is 0.130. The van der Waals surface area contributed by atoms with E-state index in [9.17, 15) is 5.11 Å². The highest BCUT2D eigenvalue weighted by molar-refractivity contribution is 4.97. The van der Waals surface area contributed by atoms with Gasteiger partial charge in [0.15, 0.2) is 0 Å². The Bertz CT molecular complexity index is 227. The van der Waals surface area contributed by atoms with Crippen LogP contribution in [0, 0.1) is 11.3 Å². The Morgan fingerprint density at radius 2 is 2.00 bits per heavy atom. The summed E-state index contributed by atoms with van der Waals surface area (Å²) in [6.07, 6.45) is 4.90. The lowest BCUT2D eigenvalue weighted by Crippen LogP contribution is -2.48. The van der Waals surface area contributed by atoms with Crippen molar-refractivity contribution < 1.29 is 5.11 Å². The standard InChI is InChI=1S/C13H25NO/c1-10-5-4-8-14(9-10)11-6-7-13(2,3)12(11)15/h10-12,15H,4-9H2,1-3H3. The molecule has 3 unspecified atom stereocenters. The van der Waals surface area contributed by atoms with Crippen molar-refractivity contribution in [2.45, 2.75) is 58.6 Å². The molecule has 0 amide bonds. The van der Waals surface area contributed by atoms with Gasteiger partial charge < -0.3 is 5.11 Å². The number of aliphatic hydroxyl groups is 1. The molecule has 88 valence electrons. The van der Waals surface area contributed by atoms with Gasteiger partial charge in [0.05, 0.1) is 6.10 Å². The molecule has 0 spiro atoms. The number of hydrogen-bond donors (Lipinski definition) is 1. The molecule has 2 fully saturated rings. The molecular weight excluding hydrogens is 186 g/mol. The molecule has 1 saturated carbocycles. The van der Waals surface area contributed by atoms with Crippen LogP contribution in [0.15, 0.2) is 0 Å². The van der Waals surface area contributed by atoms with Crippen LogP contribution in [0.1, 0.15) is 46.5 Å². The second kappa shape index (κ2) is 4.06. The molecule has 0 radical (unpaired) electrons. The van der Waals surface area contributed by atoms with E-state index in [0.717, 1.165) is 5.92 Å². The smallest absolute Gasteiger partial charge is 0.0746 e. The van der Waals surface area contributed by atoms with E-state index in [4.69, 9.17) is 0 Å². The molecule has 0 bridgehead atoms. The van der Waals surface area contributed by atoms with Crippen LogP contribution in [0.5, 0.6) is 0 Å². The van der Waals surface area contributed by atoms with Crippen LogP contribution in [0.25, 0.3) is 0 Å². The Labute approximate surface area is 93.7 Å². The van der Waals surface area contributed by atoms with Gasteiger partial charge in [0.1, 0.15) is 0 Å². The van der Waals surface area contributed by atoms with E-state index < -0.39 is 0 Å². The highest BCUT2D eigenvalue weighted by Gasteiger charge is 2.43. The first-order valence-corrected chi connectivity index (χ1v) is 6.43. The zero-order chi connectivity index (χ0) is 11.1. The number of piperidine rings is 1. The van der Waals surface area contributed by atoms with Crippen molar-refractivity contribution in [2.75, 3.05) is 13.1 Å². The van der Waals surface area contributed by atoms with Crippen molar-refractivity contribution in [1.29, 1.82) is 0 Å². The summed E-state index contributed by atoms with van der Waals surface area (Å²) in [4.78, 5) is 2.54. The van der Waals surface area contributed by atoms with Crippen molar-refractivity contribution in [3.63, 3.8) is 0 Å². The average molecular weight is 211 g/mol. The van der Waals surface area contributed by atoms with E-state index in [1.54, 1.807) is 0 Å². The lowest BCUT2D eigenvalue weighted by atomic mass is 9.88. The van der Waals surface area contributed by atoms with Crippen LogP contribution >= 0.6 is 0 Å². The fourth-order valence-corrected chi connectivity index (χ4v) is 3.26. The highest BCUT2D eigenvalue weighted by Crippen LogP contribution is 2.40. The first kappa shape index (κ1) is 11.4. The van der Waals surface area contributed by atoms with E-state index >= 15 is 0 Å². The molecule has 1 heterocycles. The molecule has 0 aromatic rings.